The molecule has 0 saturated carbocycles. The van der Waals surface area contributed by atoms with E-state index in [0.717, 1.165) is 42.4 Å². The summed E-state index contributed by atoms with van der Waals surface area (Å²) in [4.78, 5) is 27.6. The van der Waals surface area contributed by atoms with E-state index in [2.05, 4.69) is 18.8 Å². The summed E-state index contributed by atoms with van der Waals surface area (Å²) in [6.07, 6.45) is 3.20. The van der Waals surface area contributed by atoms with Gasteiger partial charge in [-0.1, -0.05) is 86.0 Å². The Balaban J connectivity index is 1.56. The fourth-order valence-electron chi connectivity index (χ4n) is 6.35. The molecule has 1 saturated heterocycles. The molecule has 11 nitrogen and oxygen atoms in total. The first-order valence-corrected chi connectivity index (χ1v) is 18.7. The highest BCUT2D eigenvalue weighted by atomic mass is 31.1. The molecule has 1 aliphatic heterocycles. The number of aromatic amines is 1. The van der Waals surface area contributed by atoms with Gasteiger partial charge in [-0.3, -0.25) is 14.3 Å². The molecular formula is C39H49N3O8P+. The zero-order valence-electron chi connectivity index (χ0n) is 30.1. The van der Waals surface area contributed by atoms with Crippen LogP contribution in [-0.2, 0) is 24.2 Å². The molecule has 4 aromatic rings. The third-order valence-corrected chi connectivity index (χ3v) is 10.6. The van der Waals surface area contributed by atoms with Crippen LogP contribution in [0, 0.1) is 6.92 Å². The summed E-state index contributed by atoms with van der Waals surface area (Å²) >= 11 is 0. The lowest BCUT2D eigenvalue weighted by Crippen LogP contribution is -2.38. The summed E-state index contributed by atoms with van der Waals surface area (Å²) in [5.74, 6) is 1.40. The van der Waals surface area contributed by atoms with E-state index in [1.165, 1.54) is 10.8 Å². The van der Waals surface area contributed by atoms with Crippen LogP contribution in [0.5, 0.6) is 11.5 Å². The average Bonchev–Trinajstić information content (AvgIpc) is 3.56. The summed E-state index contributed by atoms with van der Waals surface area (Å²) in [5, 5.41) is 0. The first-order chi connectivity index (χ1) is 24.7. The monoisotopic (exact) mass is 718 g/mol. The van der Waals surface area contributed by atoms with Crippen molar-refractivity contribution >= 4 is 8.18 Å². The van der Waals surface area contributed by atoms with Gasteiger partial charge < -0.3 is 18.9 Å². The number of rotatable bonds is 18. The second-order valence-electron chi connectivity index (χ2n) is 12.7. The second kappa shape index (κ2) is 17.9. The predicted octanol–water partition coefficient (Wildman–Crippen LogP) is 7.10. The van der Waals surface area contributed by atoms with E-state index in [-0.39, 0.29) is 13.0 Å². The van der Waals surface area contributed by atoms with Gasteiger partial charge in [0.15, 0.2) is 0 Å². The third-order valence-electron chi connectivity index (χ3n) is 9.27. The lowest BCUT2D eigenvalue weighted by atomic mass is 9.80. The van der Waals surface area contributed by atoms with Crippen molar-refractivity contribution < 1.29 is 28.0 Å². The van der Waals surface area contributed by atoms with Crippen LogP contribution >= 0.6 is 8.18 Å². The molecule has 0 bridgehead atoms. The first kappa shape index (κ1) is 38.1. The summed E-state index contributed by atoms with van der Waals surface area (Å²) in [5.41, 5.74) is 0.742. The number of H-pyrrole nitrogens is 1. The maximum absolute atomic E-state index is 13.9. The van der Waals surface area contributed by atoms with Crippen molar-refractivity contribution in [3.63, 3.8) is 0 Å². The Morgan fingerprint density at radius 2 is 1.41 bits per heavy atom. The van der Waals surface area contributed by atoms with Crippen molar-refractivity contribution in [2.45, 2.75) is 76.9 Å². The number of nitrogens with one attached hydrogen (secondary N) is 1. The Bertz CT molecular complexity index is 1770. The van der Waals surface area contributed by atoms with Crippen LogP contribution in [0.15, 0.2) is 94.6 Å². The van der Waals surface area contributed by atoms with Gasteiger partial charge in [0.05, 0.1) is 20.8 Å². The Hall–Kier alpha value is -4.12. The molecule has 12 heteroatoms. The molecular weight excluding hydrogens is 669 g/mol. The van der Waals surface area contributed by atoms with Crippen molar-refractivity contribution in [1.29, 1.82) is 0 Å². The predicted molar refractivity (Wildman–Crippen MR) is 197 cm³/mol. The van der Waals surface area contributed by atoms with Gasteiger partial charge >= 0.3 is 13.9 Å². The lowest BCUT2D eigenvalue weighted by Gasteiger charge is -2.37. The Kier molecular flexibility index (Phi) is 13.4. The van der Waals surface area contributed by atoms with Gasteiger partial charge in [0.2, 0.25) is 0 Å². The number of aryl methyl sites for hydroxylation is 1. The molecule has 1 aliphatic rings. The quantitative estimate of drug-likeness (QED) is 0.0848. The zero-order valence-corrected chi connectivity index (χ0v) is 31.0. The second-order valence-corrected chi connectivity index (χ2v) is 14.0. The molecule has 1 aromatic heterocycles. The van der Waals surface area contributed by atoms with Crippen molar-refractivity contribution in [2.75, 3.05) is 33.9 Å². The van der Waals surface area contributed by atoms with E-state index in [9.17, 15) is 14.2 Å². The maximum Gasteiger partial charge on any atom is 0.616 e. The van der Waals surface area contributed by atoms with Crippen LogP contribution < -0.4 is 20.7 Å². The number of aromatic nitrogens is 2. The fraction of sp³-hybridized carbons (Fsp3) is 0.436. The molecule has 2 heterocycles. The molecule has 51 heavy (non-hydrogen) atoms. The van der Waals surface area contributed by atoms with Gasteiger partial charge in [0, 0.05) is 31.3 Å². The van der Waals surface area contributed by atoms with E-state index in [1.54, 1.807) is 21.1 Å². The summed E-state index contributed by atoms with van der Waals surface area (Å²) in [6.45, 7) is 7.14. The molecule has 0 radical (unpaired) electrons. The molecule has 1 fully saturated rings. The Morgan fingerprint density at radius 1 is 0.863 bits per heavy atom. The molecule has 0 spiro atoms. The van der Waals surface area contributed by atoms with Crippen LogP contribution in [0.3, 0.4) is 0 Å². The molecule has 5 rings (SSSR count). The van der Waals surface area contributed by atoms with E-state index >= 15 is 0 Å². The summed E-state index contributed by atoms with van der Waals surface area (Å²) in [7, 11) is 1.03. The summed E-state index contributed by atoms with van der Waals surface area (Å²) in [6, 6.07) is 25.4. The number of nitrogens with zero attached hydrogens (tertiary/aromatic N) is 2. The largest absolute Gasteiger partial charge is 0.616 e. The average molecular weight is 719 g/mol. The molecule has 1 unspecified atom stereocenters. The fourth-order valence-corrected chi connectivity index (χ4v) is 7.55. The van der Waals surface area contributed by atoms with Crippen molar-refractivity contribution in [3.05, 3.63) is 128 Å². The topological polar surface area (TPSA) is 121 Å². The highest BCUT2D eigenvalue weighted by molar-refractivity contribution is 7.36. The molecule has 3 aromatic carbocycles. The number of ether oxygens (including phenoxy) is 4. The minimum absolute atomic E-state index is 0.0122. The van der Waals surface area contributed by atoms with Gasteiger partial charge in [-0.15, -0.1) is 4.52 Å². The molecule has 272 valence electrons. The number of benzene rings is 3. The maximum atomic E-state index is 13.9. The van der Waals surface area contributed by atoms with Gasteiger partial charge in [-0.25, -0.2) is 4.79 Å². The van der Waals surface area contributed by atoms with E-state index < -0.39 is 43.5 Å². The van der Waals surface area contributed by atoms with E-state index in [4.69, 9.17) is 23.5 Å². The summed E-state index contributed by atoms with van der Waals surface area (Å²) < 4.78 is 48.2. The highest BCUT2D eigenvalue weighted by Crippen LogP contribution is 2.44. The zero-order chi connectivity index (χ0) is 36.4. The van der Waals surface area contributed by atoms with Gasteiger partial charge in [0.25, 0.3) is 5.56 Å². The smallest absolute Gasteiger partial charge is 0.497 e. The van der Waals surface area contributed by atoms with Crippen molar-refractivity contribution in [2.24, 2.45) is 0 Å². The number of hydrogen-bond acceptors (Lipinski definition) is 8. The number of unbranched alkanes of at least 4 members (excludes halogenated alkanes) is 2. The normalized spacial score (nSPS) is 17.8. The minimum atomic E-state index is -2.22. The van der Waals surface area contributed by atoms with E-state index in [1.807, 2.05) is 83.5 Å². The number of methoxy groups -OCH3 is 2. The van der Waals surface area contributed by atoms with Crippen molar-refractivity contribution in [3.8, 4) is 11.5 Å². The van der Waals surface area contributed by atoms with Gasteiger partial charge in [-0.05, 0) is 65.3 Å². The van der Waals surface area contributed by atoms with Crippen LogP contribution in [0.2, 0.25) is 0 Å². The van der Waals surface area contributed by atoms with E-state index in [0.29, 0.717) is 30.2 Å². The first-order valence-electron chi connectivity index (χ1n) is 17.6. The number of hydrogen-bond donors (Lipinski definition) is 1. The SMILES string of the molecule is CCCCN(CCCC)[P+](=O)O[C@H]1C[C@H](n2cc(C)c(=O)[nH]c2=O)O[C@@H]1COC(c1ccccc1)(c1ccc(OC)cc1)c1ccc(OC)cc1. The van der Waals surface area contributed by atoms with Crippen LogP contribution in [0.4, 0.5) is 0 Å². The minimum Gasteiger partial charge on any atom is -0.497 e. The highest BCUT2D eigenvalue weighted by Gasteiger charge is 2.47. The van der Waals surface area contributed by atoms with Crippen molar-refractivity contribution in [1.82, 2.24) is 14.2 Å². The lowest BCUT2D eigenvalue weighted by molar-refractivity contribution is -0.0915. The van der Waals surface area contributed by atoms with Gasteiger partial charge in [0.1, 0.15) is 35.5 Å². The van der Waals surface area contributed by atoms with Crippen LogP contribution in [0.1, 0.15) is 74.4 Å². The molecule has 4 atom stereocenters. The van der Waals surface area contributed by atoms with Gasteiger partial charge in [-0.2, -0.15) is 0 Å². The van der Waals surface area contributed by atoms with Crippen LogP contribution in [-0.4, -0.2) is 60.3 Å². The Labute approximate surface area is 300 Å². The molecule has 0 amide bonds. The molecule has 1 N–H and O–H groups in total. The van der Waals surface area contributed by atoms with Crippen LogP contribution in [0.25, 0.3) is 0 Å². The third kappa shape index (κ3) is 8.86. The molecule has 0 aliphatic carbocycles. The Morgan fingerprint density at radius 3 is 1.94 bits per heavy atom. The standard InChI is InChI=1S/C39H48N3O8P/c1-6-8-23-41(24-9-7-2)51(45)50-34-25-36(42-26-28(3)37(43)40-38(42)44)49-35(34)27-48-39(29-13-11-10-12-14-29,30-15-19-32(46-4)20-16-30)31-17-21-33(47-5)22-18-31/h10-22,26,34-36H,6-9,23-25,27H2,1-5H3/p+1/t34-,35+,36+/m0/s1.